The molecule has 0 spiro atoms. The van der Waals surface area contributed by atoms with E-state index in [4.69, 9.17) is 4.42 Å². The van der Waals surface area contributed by atoms with Crippen molar-refractivity contribution >= 4 is 0 Å². The quantitative estimate of drug-likeness (QED) is 0.663. The summed E-state index contributed by atoms with van der Waals surface area (Å²) >= 11 is 0. The maximum atomic E-state index is 13.0. The van der Waals surface area contributed by atoms with Crippen molar-refractivity contribution in [3.05, 3.63) is 54.7 Å². The van der Waals surface area contributed by atoms with Gasteiger partial charge < -0.3 is 4.42 Å². The van der Waals surface area contributed by atoms with Crippen LogP contribution >= 0.6 is 0 Å². The predicted molar refractivity (Wildman–Crippen MR) is 62.9 cm³/mol. The van der Waals surface area contributed by atoms with Crippen molar-refractivity contribution in [1.29, 1.82) is 0 Å². The summed E-state index contributed by atoms with van der Waals surface area (Å²) in [5.41, 5.74) is 1.82. The summed E-state index contributed by atoms with van der Waals surface area (Å²) in [6.07, 6.45) is 1.23. The number of nitrogens with zero attached hydrogens (tertiary/aromatic N) is 3. The molecule has 0 aliphatic carbocycles. The molecule has 6 heteroatoms. The molecule has 2 heterocycles. The third kappa shape index (κ3) is 2.33. The van der Waals surface area contributed by atoms with Crippen LogP contribution in [0.15, 0.2) is 47.2 Å². The van der Waals surface area contributed by atoms with Crippen LogP contribution in [0.3, 0.4) is 0 Å². The van der Waals surface area contributed by atoms with Gasteiger partial charge in [-0.15, -0.1) is 10.2 Å². The van der Waals surface area contributed by atoms with E-state index in [1.54, 1.807) is 24.3 Å². The second-order valence-corrected chi connectivity index (χ2v) is 3.82. The smallest absolute Gasteiger partial charge is 0.247 e. The van der Waals surface area contributed by atoms with E-state index in [2.05, 4.69) is 15.2 Å². The van der Waals surface area contributed by atoms with Crippen LogP contribution in [-0.4, -0.2) is 15.2 Å². The number of hydrogen-bond donors (Lipinski definition) is 0. The van der Waals surface area contributed by atoms with Crippen LogP contribution in [0, 0.1) is 11.9 Å². The Bertz CT molecular complexity index is 676. The Morgan fingerprint density at radius 3 is 2.05 bits per heavy atom. The standard InChI is InChI=1S/C13H7F2N3O/c14-11-5-10(6-12(15)17-11)8-1-3-9(4-2-8)13-18-16-7-19-13/h1-7H. The normalized spacial score (nSPS) is 10.6. The molecule has 19 heavy (non-hydrogen) atoms. The van der Waals surface area contributed by atoms with E-state index < -0.39 is 11.9 Å². The largest absolute Gasteiger partial charge is 0.423 e. The van der Waals surface area contributed by atoms with Gasteiger partial charge in [-0.2, -0.15) is 13.8 Å². The second-order valence-electron chi connectivity index (χ2n) is 3.82. The molecule has 0 atom stereocenters. The summed E-state index contributed by atoms with van der Waals surface area (Å²) in [6, 6.07) is 9.25. The van der Waals surface area contributed by atoms with E-state index in [-0.39, 0.29) is 0 Å². The molecule has 0 aliphatic heterocycles. The van der Waals surface area contributed by atoms with Gasteiger partial charge in [-0.1, -0.05) is 12.1 Å². The van der Waals surface area contributed by atoms with Gasteiger partial charge in [0.15, 0.2) is 0 Å². The number of hydrogen-bond acceptors (Lipinski definition) is 4. The maximum Gasteiger partial charge on any atom is 0.247 e. The Kier molecular flexibility index (Phi) is 2.75. The molecule has 0 saturated heterocycles. The highest BCUT2D eigenvalue weighted by Crippen LogP contribution is 2.24. The summed E-state index contributed by atoms with van der Waals surface area (Å²) in [5, 5.41) is 7.35. The maximum absolute atomic E-state index is 13.0. The molecule has 94 valence electrons. The Hall–Kier alpha value is -2.63. The fraction of sp³-hybridized carbons (Fsp3) is 0. The third-order valence-corrected chi connectivity index (χ3v) is 2.59. The first-order chi connectivity index (χ1) is 9.22. The van der Waals surface area contributed by atoms with Gasteiger partial charge in [0.1, 0.15) is 0 Å². The summed E-state index contributed by atoms with van der Waals surface area (Å²) in [4.78, 5) is 3.05. The monoisotopic (exact) mass is 259 g/mol. The molecular weight excluding hydrogens is 252 g/mol. The molecule has 3 rings (SSSR count). The van der Waals surface area contributed by atoms with Gasteiger partial charge >= 0.3 is 0 Å². The molecule has 0 bridgehead atoms. The lowest BCUT2D eigenvalue weighted by Gasteiger charge is -2.02. The lowest BCUT2D eigenvalue weighted by Crippen LogP contribution is -1.90. The minimum Gasteiger partial charge on any atom is -0.423 e. The van der Waals surface area contributed by atoms with Crippen molar-refractivity contribution in [3.63, 3.8) is 0 Å². The van der Waals surface area contributed by atoms with E-state index in [1.807, 2.05) is 0 Å². The Labute approximate surface area is 106 Å². The van der Waals surface area contributed by atoms with Crippen LogP contribution in [-0.2, 0) is 0 Å². The second kappa shape index (κ2) is 4.56. The van der Waals surface area contributed by atoms with Gasteiger partial charge in [0.05, 0.1) is 0 Å². The van der Waals surface area contributed by atoms with Crippen LogP contribution in [0.2, 0.25) is 0 Å². The molecule has 0 unspecified atom stereocenters. The first-order valence-corrected chi connectivity index (χ1v) is 5.42. The van der Waals surface area contributed by atoms with Crippen LogP contribution in [0.1, 0.15) is 0 Å². The molecule has 4 nitrogen and oxygen atoms in total. The fourth-order valence-electron chi connectivity index (χ4n) is 1.74. The van der Waals surface area contributed by atoms with Gasteiger partial charge in [0, 0.05) is 17.7 Å². The van der Waals surface area contributed by atoms with Crippen molar-refractivity contribution in [3.8, 4) is 22.6 Å². The Balaban J connectivity index is 1.98. The van der Waals surface area contributed by atoms with Gasteiger partial charge in [0.2, 0.25) is 24.2 Å². The number of benzene rings is 1. The average Bonchev–Trinajstić information content (AvgIpc) is 2.91. The van der Waals surface area contributed by atoms with Gasteiger partial charge in [-0.25, -0.2) is 0 Å². The third-order valence-electron chi connectivity index (χ3n) is 2.59. The number of rotatable bonds is 2. The summed E-state index contributed by atoms with van der Waals surface area (Å²) in [7, 11) is 0. The lowest BCUT2D eigenvalue weighted by atomic mass is 10.1. The average molecular weight is 259 g/mol. The summed E-state index contributed by atoms with van der Waals surface area (Å²) < 4.78 is 31.1. The van der Waals surface area contributed by atoms with Crippen LogP contribution in [0.4, 0.5) is 8.78 Å². The number of pyridine rings is 1. The molecule has 3 aromatic rings. The van der Waals surface area contributed by atoms with E-state index >= 15 is 0 Å². The molecule has 0 amide bonds. The zero-order valence-electron chi connectivity index (χ0n) is 9.55. The zero-order chi connectivity index (χ0) is 13.2. The van der Waals surface area contributed by atoms with Crippen LogP contribution < -0.4 is 0 Å². The van der Waals surface area contributed by atoms with Crippen LogP contribution in [0.25, 0.3) is 22.6 Å². The molecule has 0 saturated carbocycles. The van der Waals surface area contributed by atoms with Gasteiger partial charge in [-0.05, 0) is 23.3 Å². The molecule has 0 aliphatic rings. The van der Waals surface area contributed by atoms with Crippen molar-refractivity contribution in [1.82, 2.24) is 15.2 Å². The topological polar surface area (TPSA) is 51.8 Å². The van der Waals surface area contributed by atoms with E-state index in [9.17, 15) is 8.78 Å². The lowest BCUT2D eigenvalue weighted by molar-refractivity contribution is 0.513. The SMILES string of the molecule is Fc1cc(-c2ccc(-c3nnco3)cc2)cc(F)n1. The van der Waals surface area contributed by atoms with Gasteiger partial charge in [-0.3, -0.25) is 0 Å². The molecule has 0 radical (unpaired) electrons. The first kappa shape index (κ1) is 11.5. The fourth-order valence-corrected chi connectivity index (χ4v) is 1.74. The first-order valence-electron chi connectivity index (χ1n) is 5.42. The summed E-state index contributed by atoms with van der Waals surface area (Å²) in [6.45, 7) is 0. The van der Waals surface area contributed by atoms with Crippen molar-refractivity contribution in [2.75, 3.05) is 0 Å². The molecule has 0 N–H and O–H groups in total. The van der Waals surface area contributed by atoms with Crippen molar-refractivity contribution in [2.24, 2.45) is 0 Å². The highest BCUT2D eigenvalue weighted by Gasteiger charge is 2.06. The molecule has 2 aromatic heterocycles. The predicted octanol–water partition coefficient (Wildman–Crippen LogP) is 3.08. The van der Waals surface area contributed by atoms with E-state index in [0.29, 0.717) is 17.0 Å². The highest BCUT2D eigenvalue weighted by atomic mass is 19.1. The van der Waals surface area contributed by atoms with E-state index in [1.165, 1.54) is 18.5 Å². The van der Waals surface area contributed by atoms with Gasteiger partial charge in [0.25, 0.3) is 0 Å². The molecular formula is C13H7F2N3O. The minimum atomic E-state index is -0.851. The Morgan fingerprint density at radius 1 is 0.842 bits per heavy atom. The van der Waals surface area contributed by atoms with Crippen molar-refractivity contribution in [2.45, 2.75) is 0 Å². The molecule has 1 aromatic carbocycles. The zero-order valence-corrected chi connectivity index (χ0v) is 9.55. The van der Waals surface area contributed by atoms with Crippen molar-refractivity contribution < 1.29 is 13.2 Å². The number of aromatic nitrogens is 3. The Morgan fingerprint density at radius 2 is 1.47 bits per heavy atom. The summed E-state index contributed by atoms with van der Waals surface area (Å²) in [5.74, 6) is -1.31. The minimum absolute atomic E-state index is 0.388. The number of halogens is 2. The van der Waals surface area contributed by atoms with Crippen LogP contribution in [0.5, 0.6) is 0 Å². The highest BCUT2D eigenvalue weighted by molar-refractivity contribution is 5.66. The van der Waals surface area contributed by atoms with E-state index in [0.717, 1.165) is 5.56 Å². The molecule has 0 fully saturated rings.